The topological polar surface area (TPSA) is 65.5 Å². The molecule has 1 aliphatic rings. The lowest BCUT2D eigenvalue weighted by atomic mass is 9.71. The second-order valence-corrected chi connectivity index (χ2v) is 7.63. The maximum Gasteiger partial charge on any atom is 0.253 e. The maximum absolute atomic E-state index is 13.0. The molecule has 30 heavy (non-hydrogen) atoms. The molecule has 4 rings (SSSR count). The van der Waals surface area contributed by atoms with Crippen LogP contribution < -0.4 is 5.32 Å². The summed E-state index contributed by atoms with van der Waals surface area (Å²) in [7, 11) is 0. The second kappa shape index (κ2) is 8.41. The van der Waals surface area contributed by atoms with Gasteiger partial charge in [0.2, 0.25) is 0 Å². The van der Waals surface area contributed by atoms with Crippen molar-refractivity contribution in [3.63, 3.8) is 0 Å². The van der Waals surface area contributed by atoms with E-state index in [0.717, 1.165) is 16.9 Å². The van der Waals surface area contributed by atoms with E-state index in [1.54, 1.807) is 12.4 Å². The Morgan fingerprint density at radius 1 is 0.933 bits per heavy atom. The lowest BCUT2D eigenvalue weighted by Gasteiger charge is -2.41. The molecule has 0 spiro atoms. The fourth-order valence-corrected chi connectivity index (χ4v) is 4.07. The van der Waals surface area contributed by atoms with Crippen LogP contribution in [-0.4, -0.2) is 34.0 Å². The van der Waals surface area contributed by atoms with E-state index in [0.29, 0.717) is 31.5 Å². The Hall–Kier alpha value is -3.60. The van der Waals surface area contributed by atoms with Crippen LogP contribution in [0.2, 0.25) is 0 Å². The number of aliphatic hydroxyl groups is 1. The summed E-state index contributed by atoms with van der Waals surface area (Å²) in [6.45, 7) is 4.99. The molecule has 2 aromatic carbocycles. The van der Waals surface area contributed by atoms with Gasteiger partial charge in [0.15, 0.2) is 0 Å². The number of piperidine rings is 1. The van der Waals surface area contributed by atoms with E-state index in [1.165, 1.54) is 0 Å². The third-order valence-electron chi connectivity index (χ3n) is 5.88. The Morgan fingerprint density at radius 2 is 1.53 bits per heavy atom. The van der Waals surface area contributed by atoms with Gasteiger partial charge in [-0.05, 0) is 54.8 Å². The molecule has 1 fully saturated rings. The molecule has 0 aliphatic carbocycles. The first-order valence-electron chi connectivity index (χ1n) is 10.1. The Balaban J connectivity index is 1.43. The van der Waals surface area contributed by atoms with Gasteiger partial charge < -0.3 is 15.3 Å². The summed E-state index contributed by atoms with van der Waals surface area (Å²) >= 11 is 0. The lowest BCUT2D eigenvalue weighted by molar-refractivity contribution is 0.0659. The number of aliphatic hydroxyl groups excluding tert-OH is 1. The molecular weight excluding hydrogens is 374 g/mol. The zero-order chi connectivity index (χ0) is 21.0. The summed E-state index contributed by atoms with van der Waals surface area (Å²) < 4.78 is 0. The highest BCUT2D eigenvalue weighted by Gasteiger charge is 2.40. The number of amides is 1. The van der Waals surface area contributed by atoms with Gasteiger partial charge in [-0.1, -0.05) is 36.9 Å². The summed E-state index contributed by atoms with van der Waals surface area (Å²) in [6.07, 6.45) is 4.76. The number of aromatic nitrogens is 1. The first kappa shape index (κ1) is 19.7. The molecule has 0 unspecified atom stereocenters. The lowest BCUT2D eigenvalue weighted by Crippen LogP contribution is -2.46. The predicted molar refractivity (Wildman–Crippen MR) is 119 cm³/mol. The Kier molecular flexibility index (Phi) is 5.53. The number of pyridine rings is 1. The largest absolute Gasteiger partial charge is 0.512 e. The van der Waals surface area contributed by atoms with E-state index in [-0.39, 0.29) is 11.7 Å². The minimum Gasteiger partial charge on any atom is -0.512 e. The normalized spacial score (nSPS) is 15.4. The van der Waals surface area contributed by atoms with Crippen molar-refractivity contribution in [2.45, 2.75) is 18.3 Å². The highest BCUT2D eigenvalue weighted by Crippen LogP contribution is 2.40. The molecule has 0 saturated carbocycles. The number of hydrogen-bond donors (Lipinski definition) is 2. The van der Waals surface area contributed by atoms with Crippen LogP contribution in [0, 0.1) is 0 Å². The highest BCUT2D eigenvalue weighted by molar-refractivity contribution is 5.94. The molecule has 0 atom stereocenters. The third kappa shape index (κ3) is 3.92. The molecule has 152 valence electrons. The Bertz CT molecular complexity index is 1010. The van der Waals surface area contributed by atoms with E-state index < -0.39 is 5.41 Å². The summed E-state index contributed by atoms with van der Waals surface area (Å²) in [5.74, 6) is 0.183. The van der Waals surface area contributed by atoms with Gasteiger partial charge in [0.05, 0.1) is 11.2 Å². The number of nitrogens with one attached hydrogen (secondary N) is 1. The number of anilines is 2. The SMILES string of the molecule is C=C(O)C1(c2ccccc2)CCN(C(=O)c2ccc(Nc3ccncc3)cc2)CC1. The zero-order valence-electron chi connectivity index (χ0n) is 16.8. The van der Waals surface area contributed by atoms with Crippen molar-refractivity contribution in [2.75, 3.05) is 18.4 Å². The Morgan fingerprint density at radius 3 is 2.13 bits per heavy atom. The smallest absolute Gasteiger partial charge is 0.253 e. The monoisotopic (exact) mass is 399 g/mol. The van der Waals surface area contributed by atoms with Crippen LogP contribution in [0.4, 0.5) is 11.4 Å². The van der Waals surface area contributed by atoms with Crippen LogP contribution >= 0.6 is 0 Å². The van der Waals surface area contributed by atoms with Crippen LogP contribution in [-0.2, 0) is 5.41 Å². The molecule has 2 N–H and O–H groups in total. The van der Waals surface area contributed by atoms with Crippen LogP contribution in [0.3, 0.4) is 0 Å². The fraction of sp³-hybridized carbons (Fsp3) is 0.200. The van der Waals surface area contributed by atoms with Crippen molar-refractivity contribution in [3.8, 4) is 0 Å². The third-order valence-corrected chi connectivity index (χ3v) is 5.88. The first-order chi connectivity index (χ1) is 14.6. The maximum atomic E-state index is 13.0. The molecule has 5 nitrogen and oxygen atoms in total. The van der Waals surface area contributed by atoms with E-state index in [4.69, 9.17) is 0 Å². The van der Waals surface area contributed by atoms with Crippen molar-refractivity contribution in [2.24, 2.45) is 0 Å². The number of hydrogen-bond acceptors (Lipinski definition) is 4. The molecule has 1 aliphatic heterocycles. The van der Waals surface area contributed by atoms with Gasteiger partial charge in [-0.3, -0.25) is 9.78 Å². The molecule has 0 bridgehead atoms. The molecule has 0 radical (unpaired) electrons. The van der Waals surface area contributed by atoms with Crippen molar-refractivity contribution in [3.05, 3.63) is 103 Å². The number of likely N-dealkylation sites (tertiary alicyclic amines) is 1. The van der Waals surface area contributed by atoms with Crippen molar-refractivity contribution >= 4 is 17.3 Å². The molecular formula is C25H25N3O2. The summed E-state index contributed by atoms with van der Waals surface area (Å²) in [5, 5.41) is 13.7. The van der Waals surface area contributed by atoms with E-state index in [2.05, 4.69) is 16.9 Å². The summed E-state index contributed by atoms with van der Waals surface area (Å²) in [4.78, 5) is 18.9. The van der Waals surface area contributed by atoms with Gasteiger partial charge in [0.25, 0.3) is 5.91 Å². The van der Waals surface area contributed by atoms with Crippen molar-refractivity contribution in [1.82, 2.24) is 9.88 Å². The number of carbonyl (C=O) groups is 1. The molecule has 1 amide bonds. The first-order valence-corrected chi connectivity index (χ1v) is 10.1. The second-order valence-electron chi connectivity index (χ2n) is 7.63. The average molecular weight is 399 g/mol. The quantitative estimate of drug-likeness (QED) is 0.588. The van der Waals surface area contributed by atoms with Crippen LogP contribution in [0.25, 0.3) is 0 Å². The molecule has 3 aromatic rings. The van der Waals surface area contributed by atoms with Crippen LogP contribution in [0.5, 0.6) is 0 Å². The number of nitrogens with zero attached hydrogens (tertiary/aromatic N) is 2. The van der Waals surface area contributed by atoms with Gasteiger partial charge in [-0.2, -0.15) is 0 Å². The van der Waals surface area contributed by atoms with Crippen molar-refractivity contribution in [1.29, 1.82) is 0 Å². The molecule has 2 heterocycles. The predicted octanol–water partition coefficient (Wildman–Crippen LogP) is 5.07. The number of rotatable bonds is 5. The van der Waals surface area contributed by atoms with Crippen LogP contribution in [0.15, 0.2) is 91.5 Å². The summed E-state index contributed by atoms with van der Waals surface area (Å²) in [6, 6.07) is 21.2. The zero-order valence-corrected chi connectivity index (χ0v) is 16.8. The molecule has 5 heteroatoms. The number of benzene rings is 2. The van der Waals surface area contributed by atoms with Crippen molar-refractivity contribution < 1.29 is 9.90 Å². The van der Waals surface area contributed by atoms with E-state index in [1.807, 2.05) is 71.6 Å². The Labute approximate surface area is 176 Å². The van der Waals surface area contributed by atoms with Gasteiger partial charge in [0, 0.05) is 42.4 Å². The minimum atomic E-state index is -0.490. The minimum absolute atomic E-state index is 0.00988. The van der Waals surface area contributed by atoms with E-state index in [9.17, 15) is 9.90 Å². The fourth-order valence-electron chi connectivity index (χ4n) is 4.07. The standard InChI is InChI=1S/C25H25N3O2/c1-19(29)25(21-5-3-2-4-6-21)13-17-28(18-14-25)24(30)20-7-9-22(10-8-20)27-23-11-15-26-16-12-23/h2-12,15-16,29H,1,13-14,17-18H2,(H,26,27). The summed E-state index contributed by atoms with van der Waals surface area (Å²) in [5.41, 5.74) is 3.08. The number of allylic oxidation sites excluding steroid dienone is 1. The van der Waals surface area contributed by atoms with Gasteiger partial charge in [-0.25, -0.2) is 0 Å². The highest BCUT2D eigenvalue weighted by atomic mass is 16.3. The van der Waals surface area contributed by atoms with E-state index >= 15 is 0 Å². The van der Waals surface area contributed by atoms with Crippen LogP contribution in [0.1, 0.15) is 28.8 Å². The molecule has 1 saturated heterocycles. The van der Waals surface area contributed by atoms with Gasteiger partial charge in [-0.15, -0.1) is 0 Å². The van der Waals surface area contributed by atoms with Gasteiger partial charge >= 0.3 is 0 Å². The average Bonchev–Trinajstić information content (AvgIpc) is 2.80. The molecule has 1 aromatic heterocycles. The van der Waals surface area contributed by atoms with Gasteiger partial charge in [0.1, 0.15) is 0 Å². The number of carbonyl (C=O) groups excluding carboxylic acids is 1.